The van der Waals surface area contributed by atoms with Crippen LogP contribution in [-0.4, -0.2) is 0 Å². The van der Waals surface area contributed by atoms with Crippen molar-refractivity contribution in [1.82, 2.24) is 0 Å². The first kappa shape index (κ1) is 28.4. The highest BCUT2D eigenvalue weighted by molar-refractivity contribution is 5.26. The third-order valence-corrected chi connectivity index (χ3v) is 5.19. The fourth-order valence-corrected chi connectivity index (χ4v) is 2.98. The maximum Gasteiger partial charge on any atom is 0.126 e. The third-order valence-electron chi connectivity index (χ3n) is 5.19. The van der Waals surface area contributed by atoms with Crippen molar-refractivity contribution >= 4 is 0 Å². The van der Waals surface area contributed by atoms with E-state index in [0.29, 0.717) is 11.5 Å². The Morgan fingerprint density at radius 2 is 1.06 bits per heavy atom. The van der Waals surface area contributed by atoms with Gasteiger partial charge in [-0.3, -0.25) is 0 Å². The number of benzene rings is 3. The second-order valence-corrected chi connectivity index (χ2v) is 9.20. The lowest BCUT2D eigenvalue weighted by Gasteiger charge is -2.06. The van der Waals surface area contributed by atoms with Crippen LogP contribution in [0.2, 0.25) is 0 Å². The molecule has 180 valence electrons. The van der Waals surface area contributed by atoms with Crippen LogP contribution in [0, 0.1) is 37.1 Å². The predicted octanol–water partition coefficient (Wildman–Crippen LogP) is 9.60. The average Bonchev–Trinajstić information content (AvgIpc) is 2.70. The van der Waals surface area contributed by atoms with Gasteiger partial charge in [-0.05, 0) is 83.7 Å². The molecule has 0 fully saturated rings. The number of aryl methyl sites for hydroxylation is 2. The number of halogens is 4. The summed E-state index contributed by atoms with van der Waals surface area (Å²) in [6.07, 6.45) is 0. The molecule has 0 unspecified atom stereocenters. The molecule has 4 heteroatoms. The fourth-order valence-electron chi connectivity index (χ4n) is 2.98. The largest absolute Gasteiger partial charge is 0.207 e. The smallest absolute Gasteiger partial charge is 0.126 e. The van der Waals surface area contributed by atoms with Crippen LogP contribution in [0.5, 0.6) is 0 Å². The van der Waals surface area contributed by atoms with Crippen molar-refractivity contribution in [2.24, 2.45) is 0 Å². The maximum atomic E-state index is 13.1. The van der Waals surface area contributed by atoms with Gasteiger partial charge < -0.3 is 0 Å². The molecule has 0 aliphatic rings. The second-order valence-electron chi connectivity index (χ2n) is 9.20. The minimum atomic E-state index is -0.506. The Bertz CT molecular complexity index is 1000. The summed E-state index contributed by atoms with van der Waals surface area (Å²) in [5.41, 5.74) is 4.26. The van der Waals surface area contributed by atoms with E-state index < -0.39 is 11.6 Å². The van der Waals surface area contributed by atoms with Gasteiger partial charge in [0.2, 0.25) is 0 Å². The Labute approximate surface area is 196 Å². The van der Waals surface area contributed by atoms with Crippen molar-refractivity contribution in [3.8, 4) is 0 Å². The summed E-state index contributed by atoms with van der Waals surface area (Å²) in [7, 11) is 0. The van der Waals surface area contributed by atoms with E-state index in [2.05, 4.69) is 13.8 Å². The molecule has 0 radical (unpaired) electrons. The summed E-state index contributed by atoms with van der Waals surface area (Å²) in [4.78, 5) is 0. The highest BCUT2D eigenvalue weighted by Gasteiger charge is 2.05. The molecule has 0 saturated carbocycles. The monoisotopic (exact) mass is 460 g/mol. The van der Waals surface area contributed by atoms with Gasteiger partial charge in [0.05, 0.1) is 0 Å². The first-order chi connectivity index (χ1) is 15.3. The molecule has 0 aromatic heterocycles. The highest BCUT2D eigenvalue weighted by Crippen LogP contribution is 2.19. The Morgan fingerprint density at radius 3 is 1.48 bits per heavy atom. The van der Waals surface area contributed by atoms with E-state index in [1.54, 1.807) is 19.1 Å². The SMILES string of the molecule is CC(C)c1cc(F)cc(F)c1.Cc1ccc(C(C)C)c(F)c1.Cc1ccc(C(C)C)cc1F. The van der Waals surface area contributed by atoms with Crippen LogP contribution in [0.3, 0.4) is 0 Å². The highest BCUT2D eigenvalue weighted by atomic mass is 19.1. The Kier molecular flexibility index (Phi) is 11.3. The van der Waals surface area contributed by atoms with Crippen LogP contribution in [0.15, 0.2) is 54.6 Å². The molecular formula is C29H36F4. The Hall–Kier alpha value is -2.62. The quantitative estimate of drug-likeness (QED) is 0.341. The number of rotatable bonds is 3. The molecule has 0 aliphatic carbocycles. The van der Waals surface area contributed by atoms with Gasteiger partial charge in [0.1, 0.15) is 23.3 Å². The van der Waals surface area contributed by atoms with E-state index in [1.165, 1.54) is 12.1 Å². The van der Waals surface area contributed by atoms with Gasteiger partial charge in [-0.2, -0.15) is 0 Å². The first-order valence-corrected chi connectivity index (χ1v) is 11.3. The molecule has 0 atom stereocenters. The minimum Gasteiger partial charge on any atom is -0.207 e. The van der Waals surface area contributed by atoms with E-state index in [0.717, 1.165) is 28.3 Å². The molecule has 0 bridgehead atoms. The number of hydrogen-bond acceptors (Lipinski definition) is 0. The van der Waals surface area contributed by atoms with Crippen molar-refractivity contribution in [3.05, 3.63) is 106 Å². The molecule has 0 saturated heterocycles. The molecule has 3 rings (SSSR count). The van der Waals surface area contributed by atoms with Crippen molar-refractivity contribution in [2.75, 3.05) is 0 Å². The van der Waals surface area contributed by atoms with Crippen LogP contribution in [0.1, 0.15) is 87.1 Å². The maximum absolute atomic E-state index is 13.1. The summed E-state index contributed by atoms with van der Waals surface area (Å²) >= 11 is 0. The van der Waals surface area contributed by atoms with Crippen molar-refractivity contribution in [3.63, 3.8) is 0 Å². The first-order valence-electron chi connectivity index (χ1n) is 11.3. The van der Waals surface area contributed by atoms with Crippen molar-refractivity contribution in [2.45, 2.75) is 73.1 Å². The molecule has 0 amide bonds. The minimum absolute atomic E-state index is 0.0833. The van der Waals surface area contributed by atoms with Gasteiger partial charge in [0.15, 0.2) is 0 Å². The Morgan fingerprint density at radius 1 is 0.515 bits per heavy atom. The van der Waals surface area contributed by atoms with E-state index in [-0.39, 0.29) is 23.5 Å². The molecule has 33 heavy (non-hydrogen) atoms. The summed E-state index contributed by atoms with van der Waals surface area (Å²) < 4.78 is 51.1. The standard InChI is InChI=1S/2C10H13F.C9H10F2/c1-7(2)9-5-4-8(3)10(11)6-9;1-7(2)9-5-4-8(3)6-10(9)11;1-6(2)7-3-8(10)5-9(11)4-7/h2*4-7H,1-3H3;3-6H,1-2H3. The van der Waals surface area contributed by atoms with Gasteiger partial charge in [-0.15, -0.1) is 0 Å². The summed E-state index contributed by atoms with van der Waals surface area (Å²) in [6, 6.07) is 14.4. The van der Waals surface area contributed by atoms with Gasteiger partial charge >= 0.3 is 0 Å². The second kappa shape index (κ2) is 13.2. The van der Waals surface area contributed by atoms with Crippen LogP contribution < -0.4 is 0 Å². The lowest BCUT2D eigenvalue weighted by atomic mass is 10.0. The lowest BCUT2D eigenvalue weighted by molar-refractivity contribution is 0.577. The van der Waals surface area contributed by atoms with Gasteiger partial charge in [0.25, 0.3) is 0 Å². The molecule has 0 heterocycles. The molecule has 0 nitrogen and oxygen atoms in total. The van der Waals surface area contributed by atoms with E-state index in [1.807, 2.05) is 58.9 Å². The van der Waals surface area contributed by atoms with Crippen LogP contribution in [0.25, 0.3) is 0 Å². The molecule has 0 aliphatic heterocycles. The average molecular weight is 461 g/mol. The zero-order valence-corrected chi connectivity index (χ0v) is 20.9. The van der Waals surface area contributed by atoms with Gasteiger partial charge in [0, 0.05) is 6.07 Å². The van der Waals surface area contributed by atoms with Crippen molar-refractivity contribution < 1.29 is 17.6 Å². The van der Waals surface area contributed by atoms with E-state index in [9.17, 15) is 17.6 Å². The molecular weight excluding hydrogens is 424 g/mol. The normalized spacial score (nSPS) is 10.6. The van der Waals surface area contributed by atoms with Crippen LogP contribution in [0.4, 0.5) is 17.6 Å². The van der Waals surface area contributed by atoms with Crippen molar-refractivity contribution in [1.29, 1.82) is 0 Å². The molecule has 3 aromatic carbocycles. The van der Waals surface area contributed by atoms with Crippen LogP contribution >= 0.6 is 0 Å². The van der Waals surface area contributed by atoms with Crippen LogP contribution in [-0.2, 0) is 0 Å². The topological polar surface area (TPSA) is 0 Å². The lowest BCUT2D eigenvalue weighted by Crippen LogP contribution is -1.92. The predicted molar refractivity (Wildman–Crippen MR) is 131 cm³/mol. The zero-order valence-electron chi connectivity index (χ0n) is 20.9. The molecule has 0 N–H and O–H groups in total. The summed E-state index contributed by atoms with van der Waals surface area (Å²) in [5.74, 6) is -0.348. The van der Waals surface area contributed by atoms with E-state index in [4.69, 9.17) is 0 Å². The van der Waals surface area contributed by atoms with Gasteiger partial charge in [-0.1, -0.05) is 65.8 Å². The fraction of sp³-hybridized carbons (Fsp3) is 0.379. The molecule has 3 aromatic rings. The molecule has 0 spiro atoms. The zero-order chi connectivity index (χ0) is 25.3. The number of hydrogen-bond donors (Lipinski definition) is 0. The Balaban J connectivity index is 0.000000247. The summed E-state index contributed by atoms with van der Waals surface area (Å²) in [6.45, 7) is 15.6. The summed E-state index contributed by atoms with van der Waals surface area (Å²) in [5, 5.41) is 0. The van der Waals surface area contributed by atoms with Gasteiger partial charge in [-0.25, -0.2) is 17.6 Å². The third kappa shape index (κ3) is 9.81. The van der Waals surface area contributed by atoms with E-state index >= 15 is 0 Å².